The smallest absolute Gasteiger partial charge is 0.238 e. The molecular formula is C14H19ClN2O3S. The average molecular weight is 331 g/mol. The van der Waals surface area contributed by atoms with Gasteiger partial charge in [0.15, 0.2) is 9.84 Å². The molecule has 21 heavy (non-hydrogen) atoms. The summed E-state index contributed by atoms with van der Waals surface area (Å²) >= 11 is 6.20. The van der Waals surface area contributed by atoms with Crippen LogP contribution in [-0.4, -0.2) is 50.4 Å². The Morgan fingerprint density at radius 3 is 2.81 bits per heavy atom. The Balaban J connectivity index is 2.24. The van der Waals surface area contributed by atoms with Crippen LogP contribution in [0.5, 0.6) is 0 Å². The molecule has 1 aromatic carbocycles. The van der Waals surface area contributed by atoms with Gasteiger partial charge in [0.05, 0.1) is 6.04 Å². The van der Waals surface area contributed by atoms with Gasteiger partial charge in [0.25, 0.3) is 0 Å². The highest BCUT2D eigenvalue weighted by molar-refractivity contribution is 7.92. The molecule has 0 bridgehead atoms. The number of benzene rings is 1. The predicted octanol–water partition coefficient (Wildman–Crippen LogP) is 1.25. The Morgan fingerprint density at radius 2 is 2.14 bits per heavy atom. The fraction of sp³-hybridized carbons (Fsp3) is 0.500. The third-order valence-corrected chi connectivity index (χ3v) is 5.52. The van der Waals surface area contributed by atoms with Crippen LogP contribution in [0, 0.1) is 0 Å². The molecule has 0 saturated carbocycles. The standard InChI is InChI=1S/C14H19ClN2O3S/c1-2-21(19,20)10-14(18)17-8-7-16-9-13(17)11-5-3-4-6-12(11)15/h3-6,13,16H,2,7-10H2,1H3. The van der Waals surface area contributed by atoms with E-state index >= 15 is 0 Å². The minimum absolute atomic E-state index is 0.0262. The lowest BCUT2D eigenvalue weighted by Gasteiger charge is -2.37. The van der Waals surface area contributed by atoms with Crippen molar-refractivity contribution in [3.05, 3.63) is 34.9 Å². The molecule has 1 aromatic rings. The highest BCUT2D eigenvalue weighted by Gasteiger charge is 2.31. The lowest BCUT2D eigenvalue weighted by atomic mass is 10.0. The van der Waals surface area contributed by atoms with E-state index in [2.05, 4.69) is 5.32 Å². The molecule has 7 heteroatoms. The van der Waals surface area contributed by atoms with Crippen molar-refractivity contribution in [2.24, 2.45) is 0 Å². The third-order valence-electron chi connectivity index (χ3n) is 3.61. The molecule has 1 fully saturated rings. The number of amides is 1. The highest BCUT2D eigenvalue weighted by Crippen LogP contribution is 2.28. The molecular weight excluding hydrogens is 312 g/mol. The van der Waals surface area contributed by atoms with E-state index in [9.17, 15) is 13.2 Å². The maximum Gasteiger partial charge on any atom is 0.238 e. The first-order chi connectivity index (χ1) is 9.94. The maximum absolute atomic E-state index is 12.3. The van der Waals surface area contributed by atoms with Crippen LogP contribution >= 0.6 is 11.6 Å². The highest BCUT2D eigenvalue weighted by atomic mass is 35.5. The number of carbonyl (C=O) groups excluding carboxylic acids is 1. The summed E-state index contributed by atoms with van der Waals surface area (Å²) in [6.07, 6.45) is 0. The molecule has 1 heterocycles. The first kappa shape index (κ1) is 16.3. The number of piperazine rings is 1. The zero-order valence-corrected chi connectivity index (χ0v) is 13.5. The van der Waals surface area contributed by atoms with Gasteiger partial charge in [-0.1, -0.05) is 36.7 Å². The van der Waals surface area contributed by atoms with Crippen molar-refractivity contribution in [3.8, 4) is 0 Å². The number of halogens is 1. The normalized spacial score (nSPS) is 19.5. The van der Waals surface area contributed by atoms with Crippen LogP contribution < -0.4 is 5.32 Å². The summed E-state index contributed by atoms with van der Waals surface area (Å²) in [5, 5.41) is 3.81. The average Bonchev–Trinajstić information content (AvgIpc) is 2.47. The van der Waals surface area contributed by atoms with E-state index in [4.69, 9.17) is 11.6 Å². The van der Waals surface area contributed by atoms with Gasteiger partial charge in [-0.15, -0.1) is 0 Å². The minimum Gasteiger partial charge on any atom is -0.332 e. The number of carbonyl (C=O) groups is 1. The van der Waals surface area contributed by atoms with E-state index in [-0.39, 0.29) is 17.7 Å². The molecule has 1 saturated heterocycles. The number of rotatable bonds is 4. The fourth-order valence-electron chi connectivity index (χ4n) is 2.40. The van der Waals surface area contributed by atoms with Crippen LogP contribution in [0.2, 0.25) is 5.02 Å². The molecule has 2 rings (SSSR count). The zero-order valence-electron chi connectivity index (χ0n) is 11.9. The Labute approximate surface area is 130 Å². The second kappa shape index (κ2) is 6.77. The molecule has 1 atom stereocenters. The van der Waals surface area contributed by atoms with Gasteiger partial charge < -0.3 is 10.2 Å². The van der Waals surface area contributed by atoms with Gasteiger partial charge in [-0.05, 0) is 11.6 Å². The number of hydrogen-bond donors (Lipinski definition) is 1. The first-order valence-corrected chi connectivity index (χ1v) is 9.09. The number of nitrogens with one attached hydrogen (secondary N) is 1. The summed E-state index contributed by atoms with van der Waals surface area (Å²) in [6.45, 7) is 3.25. The minimum atomic E-state index is -3.33. The van der Waals surface area contributed by atoms with Crippen molar-refractivity contribution in [3.63, 3.8) is 0 Å². The van der Waals surface area contributed by atoms with Crippen LogP contribution in [0.3, 0.4) is 0 Å². The van der Waals surface area contributed by atoms with Crippen LogP contribution in [0.15, 0.2) is 24.3 Å². The quantitative estimate of drug-likeness (QED) is 0.902. The van der Waals surface area contributed by atoms with Crippen LogP contribution in [0.4, 0.5) is 0 Å². The lowest BCUT2D eigenvalue weighted by molar-refractivity contribution is -0.131. The van der Waals surface area contributed by atoms with Gasteiger partial charge in [-0.3, -0.25) is 4.79 Å². The summed E-state index contributed by atoms with van der Waals surface area (Å²) in [7, 11) is -3.33. The predicted molar refractivity (Wildman–Crippen MR) is 83.1 cm³/mol. The zero-order chi connectivity index (χ0) is 15.5. The van der Waals surface area contributed by atoms with E-state index in [0.29, 0.717) is 24.7 Å². The Hall–Kier alpha value is -1.11. The SMILES string of the molecule is CCS(=O)(=O)CC(=O)N1CCNCC1c1ccccc1Cl. The maximum atomic E-state index is 12.3. The molecule has 1 aliphatic heterocycles. The topological polar surface area (TPSA) is 66.5 Å². The molecule has 1 unspecified atom stereocenters. The second-order valence-electron chi connectivity index (χ2n) is 5.01. The van der Waals surface area contributed by atoms with Gasteiger partial charge in [0.2, 0.25) is 5.91 Å². The van der Waals surface area contributed by atoms with Gasteiger partial charge in [0, 0.05) is 30.4 Å². The molecule has 1 amide bonds. The van der Waals surface area contributed by atoms with E-state index in [1.54, 1.807) is 17.9 Å². The van der Waals surface area contributed by atoms with E-state index in [1.807, 2.05) is 18.2 Å². The van der Waals surface area contributed by atoms with Crippen LogP contribution in [0.25, 0.3) is 0 Å². The molecule has 0 aromatic heterocycles. The number of hydrogen-bond acceptors (Lipinski definition) is 4. The Bertz CT molecular complexity index is 618. The first-order valence-electron chi connectivity index (χ1n) is 6.89. The largest absolute Gasteiger partial charge is 0.332 e. The fourth-order valence-corrected chi connectivity index (χ4v) is 3.41. The number of sulfone groups is 1. The third kappa shape index (κ3) is 3.96. The molecule has 5 nitrogen and oxygen atoms in total. The van der Waals surface area contributed by atoms with E-state index in [0.717, 1.165) is 5.56 Å². The summed E-state index contributed by atoms with van der Waals surface area (Å²) in [5.74, 6) is -0.824. The molecule has 0 spiro atoms. The van der Waals surface area contributed by atoms with E-state index < -0.39 is 15.6 Å². The summed E-state index contributed by atoms with van der Waals surface area (Å²) in [4.78, 5) is 14.0. The van der Waals surface area contributed by atoms with Crippen LogP contribution in [-0.2, 0) is 14.6 Å². The van der Waals surface area contributed by atoms with Gasteiger partial charge in [0.1, 0.15) is 5.75 Å². The monoisotopic (exact) mass is 330 g/mol. The molecule has 1 aliphatic rings. The Morgan fingerprint density at radius 1 is 1.43 bits per heavy atom. The van der Waals surface area contributed by atoms with Gasteiger partial charge >= 0.3 is 0 Å². The van der Waals surface area contributed by atoms with Crippen molar-refractivity contribution in [1.29, 1.82) is 0 Å². The summed E-state index contributed by atoms with van der Waals surface area (Å²) < 4.78 is 23.3. The van der Waals surface area contributed by atoms with Crippen molar-refractivity contribution >= 4 is 27.3 Å². The summed E-state index contributed by atoms with van der Waals surface area (Å²) in [5.41, 5.74) is 0.841. The van der Waals surface area contributed by atoms with E-state index in [1.165, 1.54) is 0 Å². The number of nitrogens with zero attached hydrogens (tertiary/aromatic N) is 1. The van der Waals surface area contributed by atoms with Crippen molar-refractivity contribution in [2.45, 2.75) is 13.0 Å². The molecule has 116 valence electrons. The van der Waals surface area contributed by atoms with Crippen molar-refractivity contribution < 1.29 is 13.2 Å². The second-order valence-corrected chi connectivity index (χ2v) is 7.77. The summed E-state index contributed by atoms with van der Waals surface area (Å²) in [6, 6.07) is 7.11. The van der Waals surface area contributed by atoms with Crippen molar-refractivity contribution in [2.75, 3.05) is 31.1 Å². The van der Waals surface area contributed by atoms with Crippen LogP contribution in [0.1, 0.15) is 18.5 Å². The van der Waals surface area contributed by atoms with Gasteiger partial charge in [-0.25, -0.2) is 8.42 Å². The van der Waals surface area contributed by atoms with Gasteiger partial charge in [-0.2, -0.15) is 0 Å². The molecule has 0 aliphatic carbocycles. The molecule has 0 radical (unpaired) electrons. The lowest BCUT2D eigenvalue weighted by Crippen LogP contribution is -2.50. The van der Waals surface area contributed by atoms with Crippen molar-refractivity contribution in [1.82, 2.24) is 10.2 Å². The molecule has 1 N–H and O–H groups in total. The Kier molecular flexibility index (Phi) is 5.24.